The monoisotopic (exact) mass is 228 g/mol. The lowest BCUT2D eigenvalue weighted by Gasteiger charge is -1.93. The van der Waals surface area contributed by atoms with Gasteiger partial charge in [-0.15, -0.1) is 0 Å². The fourth-order valence-corrected chi connectivity index (χ4v) is 0.487. The summed E-state index contributed by atoms with van der Waals surface area (Å²) in [5.74, 6) is 0. The Kier molecular flexibility index (Phi) is 11.0. The van der Waals surface area contributed by atoms with Crippen molar-refractivity contribution in [1.82, 2.24) is 0 Å². The average molecular weight is 228 g/mol. The molecule has 0 bridgehead atoms. The number of aldehydes is 2. The van der Waals surface area contributed by atoms with E-state index in [1.54, 1.807) is 0 Å². The molecule has 0 radical (unpaired) electrons. The first kappa shape index (κ1) is 13.8. The maximum atomic E-state index is 9.81. The van der Waals surface area contributed by atoms with Crippen molar-refractivity contribution in [3.05, 3.63) is 37.6 Å². The third-order valence-corrected chi connectivity index (χ3v) is 1.00. The van der Waals surface area contributed by atoms with Gasteiger partial charge in [0.2, 0.25) is 0 Å². The van der Waals surface area contributed by atoms with Crippen molar-refractivity contribution in [3.8, 4) is 0 Å². The van der Waals surface area contributed by atoms with Gasteiger partial charge in [0.25, 0.3) is 0 Å². The maximum absolute atomic E-state index is 9.81. The minimum Gasteiger partial charge on any atom is -0.491 e. The standard InChI is InChI=1S/C10H12O6/c11-1-3-13-5-7-15-9-10-16-8-6-14-4-2-12/h1-2,5-10H,3-4H2/b7-5+,8-6+,10-9+. The van der Waals surface area contributed by atoms with Crippen molar-refractivity contribution in [2.75, 3.05) is 13.2 Å². The van der Waals surface area contributed by atoms with Gasteiger partial charge in [-0.3, -0.25) is 9.59 Å². The van der Waals surface area contributed by atoms with Crippen LogP contribution in [0.3, 0.4) is 0 Å². The summed E-state index contributed by atoms with van der Waals surface area (Å²) in [6, 6.07) is 0. The predicted octanol–water partition coefficient (Wildman–Crippen LogP) is 0.864. The Hall–Kier alpha value is -2.24. The van der Waals surface area contributed by atoms with Crippen LogP contribution in [0.15, 0.2) is 37.6 Å². The molecule has 0 amide bonds. The lowest BCUT2D eigenvalue weighted by molar-refractivity contribution is -0.111. The second-order valence-corrected chi connectivity index (χ2v) is 2.09. The Morgan fingerprint density at radius 1 is 0.625 bits per heavy atom. The van der Waals surface area contributed by atoms with E-state index >= 15 is 0 Å². The van der Waals surface area contributed by atoms with Crippen molar-refractivity contribution < 1.29 is 28.5 Å². The third kappa shape index (κ3) is 11.8. The lowest BCUT2D eigenvalue weighted by atomic mass is 10.8. The Labute approximate surface area is 92.7 Å². The number of carbonyl (C=O) groups is 2. The van der Waals surface area contributed by atoms with E-state index < -0.39 is 0 Å². The Balaban J connectivity index is 3.33. The van der Waals surface area contributed by atoms with E-state index in [0.717, 1.165) is 0 Å². The zero-order valence-electron chi connectivity index (χ0n) is 8.48. The predicted molar refractivity (Wildman–Crippen MR) is 53.6 cm³/mol. The van der Waals surface area contributed by atoms with Crippen molar-refractivity contribution in [1.29, 1.82) is 0 Å². The van der Waals surface area contributed by atoms with Gasteiger partial charge in [-0.05, 0) is 0 Å². The van der Waals surface area contributed by atoms with Crippen LogP contribution in [0.25, 0.3) is 0 Å². The van der Waals surface area contributed by atoms with E-state index in [1.807, 2.05) is 0 Å². The van der Waals surface area contributed by atoms with Crippen LogP contribution in [0.5, 0.6) is 0 Å². The average Bonchev–Trinajstić information content (AvgIpc) is 2.31. The normalized spacial score (nSPS) is 10.8. The molecule has 88 valence electrons. The molecule has 0 aromatic carbocycles. The second kappa shape index (κ2) is 12.8. The summed E-state index contributed by atoms with van der Waals surface area (Å²) in [5, 5.41) is 0. The molecule has 0 fully saturated rings. The fourth-order valence-electron chi connectivity index (χ4n) is 0.487. The minimum atomic E-state index is -0.0170. The molecule has 0 unspecified atom stereocenters. The molecular weight excluding hydrogens is 216 g/mol. The topological polar surface area (TPSA) is 71.1 Å². The van der Waals surface area contributed by atoms with E-state index in [4.69, 9.17) is 9.47 Å². The van der Waals surface area contributed by atoms with Gasteiger partial charge in [-0.2, -0.15) is 0 Å². The molecule has 0 heterocycles. The first-order valence-electron chi connectivity index (χ1n) is 4.28. The summed E-state index contributed by atoms with van der Waals surface area (Å²) in [7, 11) is 0. The van der Waals surface area contributed by atoms with Gasteiger partial charge in [0.15, 0.2) is 12.6 Å². The minimum absolute atomic E-state index is 0.0170. The Morgan fingerprint density at radius 2 is 1.00 bits per heavy atom. The maximum Gasteiger partial charge on any atom is 0.157 e. The summed E-state index contributed by atoms with van der Waals surface area (Å²) in [6.45, 7) is -0.0340. The highest BCUT2D eigenvalue weighted by atomic mass is 16.5. The zero-order valence-corrected chi connectivity index (χ0v) is 8.48. The molecule has 0 spiro atoms. The molecule has 0 saturated carbocycles. The lowest BCUT2D eigenvalue weighted by Crippen LogP contribution is -1.86. The molecular formula is C10H12O6. The number of rotatable bonds is 10. The largest absolute Gasteiger partial charge is 0.491 e. The van der Waals surface area contributed by atoms with Gasteiger partial charge >= 0.3 is 0 Å². The van der Waals surface area contributed by atoms with Crippen LogP contribution in [0.4, 0.5) is 0 Å². The summed E-state index contributed by atoms with van der Waals surface area (Å²) < 4.78 is 18.8. The smallest absolute Gasteiger partial charge is 0.157 e. The molecule has 0 N–H and O–H groups in total. The Bertz CT molecular complexity index is 230. The molecule has 0 saturated heterocycles. The zero-order chi connectivity index (χ0) is 11.9. The summed E-state index contributed by atoms with van der Waals surface area (Å²) in [6.07, 6.45) is 8.63. The molecule has 0 aliphatic carbocycles. The Morgan fingerprint density at radius 3 is 1.38 bits per heavy atom. The van der Waals surface area contributed by atoms with Crippen molar-refractivity contribution in [3.63, 3.8) is 0 Å². The van der Waals surface area contributed by atoms with E-state index in [9.17, 15) is 9.59 Å². The van der Waals surface area contributed by atoms with E-state index in [1.165, 1.54) is 37.6 Å². The van der Waals surface area contributed by atoms with Crippen LogP contribution in [0, 0.1) is 0 Å². The van der Waals surface area contributed by atoms with Gasteiger partial charge in [0, 0.05) is 0 Å². The first-order chi connectivity index (χ1) is 7.91. The van der Waals surface area contributed by atoms with Crippen LogP contribution in [0.1, 0.15) is 0 Å². The van der Waals surface area contributed by atoms with Crippen LogP contribution in [-0.4, -0.2) is 25.8 Å². The molecule has 0 aromatic heterocycles. The number of hydrogen-bond acceptors (Lipinski definition) is 6. The quantitative estimate of drug-likeness (QED) is 0.314. The van der Waals surface area contributed by atoms with Crippen LogP contribution in [0.2, 0.25) is 0 Å². The summed E-state index contributed by atoms with van der Waals surface area (Å²) in [4.78, 5) is 19.6. The first-order valence-corrected chi connectivity index (χ1v) is 4.28. The molecule has 0 rings (SSSR count). The van der Waals surface area contributed by atoms with E-state index in [2.05, 4.69) is 9.47 Å². The van der Waals surface area contributed by atoms with Crippen molar-refractivity contribution in [2.24, 2.45) is 0 Å². The second-order valence-electron chi connectivity index (χ2n) is 2.09. The van der Waals surface area contributed by atoms with E-state index in [-0.39, 0.29) is 13.2 Å². The molecule has 0 aromatic rings. The van der Waals surface area contributed by atoms with Gasteiger partial charge in [0.05, 0.1) is 0 Å². The number of hydrogen-bond donors (Lipinski definition) is 0. The van der Waals surface area contributed by atoms with E-state index in [0.29, 0.717) is 12.6 Å². The van der Waals surface area contributed by atoms with Crippen molar-refractivity contribution in [2.45, 2.75) is 0 Å². The van der Waals surface area contributed by atoms with Gasteiger partial charge in [-0.25, -0.2) is 0 Å². The highest BCUT2D eigenvalue weighted by Crippen LogP contribution is 1.85. The van der Waals surface area contributed by atoms with Gasteiger partial charge in [0.1, 0.15) is 50.8 Å². The van der Waals surface area contributed by atoms with Crippen LogP contribution >= 0.6 is 0 Å². The number of ether oxygens (including phenoxy) is 4. The van der Waals surface area contributed by atoms with Crippen molar-refractivity contribution >= 4 is 12.6 Å². The van der Waals surface area contributed by atoms with Gasteiger partial charge in [-0.1, -0.05) is 0 Å². The molecule has 6 nitrogen and oxygen atoms in total. The van der Waals surface area contributed by atoms with Crippen LogP contribution in [-0.2, 0) is 28.5 Å². The SMILES string of the molecule is O=CCO/C=C/O/C=C/O/C=C/OCC=O. The summed E-state index contributed by atoms with van der Waals surface area (Å²) >= 11 is 0. The molecule has 0 atom stereocenters. The molecule has 0 aliphatic rings. The summed E-state index contributed by atoms with van der Waals surface area (Å²) in [5.41, 5.74) is 0. The molecule has 16 heavy (non-hydrogen) atoms. The highest BCUT2D eigenvalue weighted by Gasteiger charge is 1.76. The van der Waals surface area contributed by atoms with Crippen LogP contribution < -0.4 is 0 Å². The van der Waals surface area contributed by atoms with Gasteiger partial charge < -0.3 is 18.9 Å². The molecule has 0 aliphatic heterocycles. The molecule has 6 heteroatoms. The fraction of sp³-hybridized carbons (Fsp3) is 0.200. The number of carbonyl (C=O) groups excluding carboxylic acids is 2. The third-order valence-electron chi connectivity index (χ3n) is 1.00. The highest BCUT2D eigenvalue weighted by molar-refractivity contribution is 5.50.